The lowest BCUT2D eigenvalue weighted by molar-refractivity contribution is 0.221. The number of alkyl halides is 2. The molecule has 3 nitrogen and oxygen atoms in total. The van der Waals surface area contributed by atoms with Crippen LogP contribution in [0.3, 0.4) is 0 Å². The molecule has 1 heterocycles. The van der Waals surface area contributed by atoms with E-state index in [-0.39, 0.29) is 24.9 Å². The summed E-state index contributed by atoms with van der Waals surface area (Å²) < 4.78 is 47.5. The third-order valence-corrected chi connectivity index (χ3v) is 4.31. The maximum Gasteiger partial charge on any atom is 0.350 e. The first-order chi connectivity index (χ1) is 6.39. The Balaban J connectivity index is 2.75. The van der Waals surface area contributed by atoms with Crippen molar-refractivity contribution in [2.24, 2.45) is 11.8 Å². The van der Waals surface area contributed by atoms with Crippen molar-refractivity contribution < 1.29 is 17.2 Å². The molecular weight excluding hydrogens is 212 g/mol. The Labute approximate surface area is 83.1 Å². The van der Waals surface area contributed by atoms with Gasteiger partial charge in [-0.1, -0.05) is 20.3 Å². The van der Waals surface area contributed by atoms with Gasteiger partial charge >= 0.3 is 5.76 Å². The molecule has 2 unspecified atom stereocenters. The smallest absolute Gasteiger partial charge is 0.206 e. The summed E-state index contributed by atoms with van der Waals surface area (Å²) in [7, 11) is -4.35. The molecule has 0 spiro atoms. The third kappa shape index (κ3) is 2.06. The van der Waals surface area contributed by atoms with Crippen molar-refractivity contribution >= 4 is 10.0 Å². The maximum absolute atomic E-state index is 12.2. The Kier molecular flexibility index (Phi) is 3.47. The van der Waals surface area contributed by atoms with Crippen molar-refractivity contribution in [3.63, 3.8) is 0 Å². The zero-order chi connectivity index (χ0) is 10.9. The fourth-order valence-electron chi connectivity index (χ4n) is 1.84. The van der Waals surface area contributed by atoms with Crippen LogP contribution in [-0.2, 0) is 10.0 Å². The van der Waals surface area contributed by atoms with Gasteiger partial charge in [0.25, 0.3) is 10.0 Å². The largest absolute Gasteiger partial charge is 0.350 e. The fourth-order valence-corrected chi connectivity index (χ4v) is 2.91. The predicted octanol–water partition coefficient (Wildman–Crippen LogP) is 1.52. The molecule has 84 valence electrons. The highest BCUT2D eigenvalue weighted by atomic mass is 32.2. The minimum Gasteiger partial charge on any atom is -0.206 e. The summed E-state index contributed by atoms with van der Waals surface area (Å²) in [6.07, 6.45) is 0.830. The standard InChI is InChI=1S/C8H15F2NO2S/c1-3-7-5-11(4-6(7)2)14(12,13)8(9)10/h6-8H,3-5H2,1-2H3. The molecule has 0 amide bonds. The molecule has 0 aromatic rings. The number of rotatable bonds is 3. The minimum atomic E-state index is -4.35. The molecule has 0 aliphatic carbocycles. The van der Waals surface area contributed by atoms with Crippen molar-refractivity contribution in [3.05, 3.63) is 0 Å². The molecule has 6 heteroatoms. The van der Waals surface area contributed by atoms with Crippen LogP contribution in [0.25, 0.3) is 0 Å². The van der Waals surface area contributed by atoms with Crippen LogP contribution in [0.5, 0.6) is 0 Å². The van der Waals surface area contributed by atoms with Crippen molar-refractivity contribution in [1.82, 2.24) is 4.31 Å². The molecule has 2 atom stereocenters. The first kappa shape index (κ1) is 11.8. The van der Waals surface area contributed by atoms with Gasteiger partial charge in [0.2, 0.25) is 0 Å². The van der Waals surface area contributed by atoms with E-state index in [9.17, 15) is 17.2 Å². The first-order valence-corrected chi connectivity index (χ1v) is 6.17. The SMILES string of the molecule is CCC1CN(S(=O)(=O)C(F)F)CC1C. The topological polar surface area (TPSA) is 37.4 Å². The Bertz CT molecular complexity index is 292. The van der Waals surface area contributed by atoms with Gasteiger partial charge in [-0.15, -0.1) is 0 Å². The zero-order valence-corrected chi connectivity index (χ0v) is 9.10. The van der Waals surface area contributed by atoms with Crippen LogP contribution in [-0.4, -0.2) is 31.6 Å². The lowest BCUT2D eigenvalue weighted by atomic mass is 9.96. The van der Waals surface area contributed by atoms with E-state index in [4.69, 9.17) is 0 Å². The van der Waals surface area contributed by atoms with E-state index in [2.05, 4.69) is 0 Å². The lowest BCUT2D eigenvalue weighted by Gasteiger charge is -2.14. The molecule has 1 fully saturated rings. The predicted molar refractivity (Wildman–Crippen MR) is 49.4 cm³/mol. The summed E-state index contributed by atoms with van der Waals surface area (Å²) in [6, 6.07) is 0. The number of halogens is 2. The summed E-state index contributed by atoms with van der Waals surface area (Å²) in [5, 5.41) is 0. The molecule has 0 saturated carbocycles. The van der Waals surface area contributed by atoms with Gasteiger partial charge in [-0.25, -0.2) is 8.42 Å². The summed E-state index contributed by atoms with van der Waals surface area (Å²) >= 11 is 0. The molecule has 1 aliphatic rings. The molecule has 0 aromatic heterocycles. The molecular formula is C8H15F2NO2S. The Morgan fingerprint density at radius 2 is 2.00 bits per heavy atom. The zero-order valence-electron chi connectivity index (χ0n) is 8.28. The average Bonchev–Trinajstić information content (AvgIpc) is 2.47. The highest BCUT2D eigenvalue weighted by molar-refractivity contribution is 7.89. The highest BCUT2D eigenvalue weighted by Gasteiger charge is 2.39. The number of hydrogen-bond donors (Lipinski definition) is 0. The van der Waals surface area contributed by atoms with E-state index in [1.165, 1.54) is 0 Å². The van der Waals surface area contributed by atoms with Gasteiger partial charge in [0.05, 0.1) is 0 Å². The van der Waals surface area contributed by atoms with Gasteiger partial charge in [0.15, 0.2) is 0 Å². The van der Waals surface area contributed by atoms with E-state index in [1.54, 1.807) is 0 Å². The number of hydrogen-bond acceptors (Lipinski definition) is 2. The van der Waals surface area contributed by atoms with Crippen molar-refractivity contribution in [3.8, 4) is 0 Å². The molecule has 1 aliphatic heterocycles. The summed E-state index contributed by atoms with van der Waals surface area (Å²) in [5.74, 6) is -2.90. The van der Waals surface area contributed by atoms with Gasteiger partial charge in [-0.2, -0.15) is 13.1 Å². The second kappa shape index (κ2) is 4.10. The second-order valence-electron chi connectivity index (χ2n) is 3.77. The van der Waals surface area contributed by atoms with Crippen LogP contribution in [0.15, 0.2) is 0 Å². The van der Waals surface area contributed by atoms with Gasteiger partial charge in [0, 0.05) is 13.1 Å². The molecule has 0 N–H and O–H groups in total. The van der Waals surface area contributed by atoms with E-state index in [1.807, 2.05) is 13.8 Å². The molecule has 0 aromatic carbocycles. The van der Waals surface area contributed by atoms with Crippen LogP contribution >= 0.6 is 0 Å². The van der Waals surface area contributed by atoms with Crippen molar-refractivity contribution in [1.29, 1.82) is 0 Å². The molecule has 1 saturated heterocycles. The van der Waals surface area contributed by atoms with E-state index >= 15 is 0 Å². The van der Waals surface area contributed by atoms with Gasteiger partial charge in [0.1, 0.15) is 0 Å². The van der Waals surface area contributed by atoms with E-state index in [0.29, 0.717) is 0 Å². The van der Waals surface area contributed by atoms with Crippen LogP contribution in [0.2, 0.25) is 0 Å². The van der Waals surface area contributed by atoms with Gasteiger partial charge in [-0.05, 0) is 11.8 Å². The molecule has 14 heavy (non-hydrogen) atoms. The Hall–Kier alpha value is -0.230. The Morgan fingerprint density at radius 1 is 1.43 bits per heavy atom. The van der Waals surface area contributed by atoms with Crippen LogP contribution in [0.4, 0.5) is 8.78 Å². The van der Waals surface area contributed by atoms with Crippen LogP contribution in [0.1, 0.15) is 20.3 Å². The number of sulfonamides is 1. The van der Waals surface area contributed by atoms with E-state index in [0.717, 1.165) is 10.7 Å². The lowest BCUT2D eigenvalue weighted by Crippen LogP contribution is -2.33. The van der Waals surface area contributed by atoms with Gasteiger partial charge in [-0.3, -0.25) is 0 Å². The maximum atomic E-state index is 12.2. The summed E-state index contributed by atoms with van der Waals surface area (Å²) in [5.41, 5.74) is 0. The van der Waals surface area contributed by atoms with Crippen LogP contribution in [0, 0.1) is 11.8 Å². The van der Waals surface area contributed by atoms with Gasteiger partial charge < -0.3 is 0 Å². The molecule has 1 rings (SSSR count). The quantitative estimate of drug-likeness (QED) is 0.733. The van der Waals surface area contributed by atoms with Crippen molar-refractivity contribution in [2.75, 3.05) is 13.1 Å². The fraction of sp³-hybridized carbons (Fsp3) is 1.00. The Morgan fingerprint density at radius 3 is 2.36 bits per heavy atom. The van der Waals surface area contributed by atoms with Crippen LogP contribution < -0.4 is 0 Å². The minimum absolute atomic E-state index is 0.175. The summed E-state index contributed by atoms with van der Waals surface area (Å²) in [6.45, 7) is 4.31. The normalized spacial score (nSPS) is 30.1. The highest BCUT2D eigenvalue weighted by Crippen LogP contribution is 2.29. The first-order valence-electron chi connectivity index (χ1n) is 4.66. The molecule has 0 radical (unpaired) electrons. The average molecular weight is 227 g/mol. The van der Waals surface area contributed by atoms with E-state index < -0.39 is 15.8 Å². The van der Waals surface area contributed by atoms with Crippen molar-refractivity contribution in [2.45, 2.75) is 26.0 Å². The second-order valence-corrected chi connectivity index (χ2v) is 5.67. The summed E-state index contributed by atoms with van der Waals surface area (Å²) in [4.78, 5) is 0. The molecule has 0 bridgehead atoms. The number of nitrogens with zero attached hydrogens (tertiary/aromatic N) is 1. The third-order valence-electron chi connectivity index (χ3n) is 2.84. The monoisotopic (exact) mass is 227 g/mol.